The number of nitrogens with zero attached hydrogens (tertiary/aromatic N) is 5. The Kier molecular flexibility index (Phi) is 10.0. The summed E-state index contributed by atoms with van der Waals surface area (Å²) in [6, 6.07) is 10.6. The van der Waals surface area contributed by atoms with Gasteiger partial charge in [0.2, 0.25) is 0 Å². The minimum absolute atomic E-state index is 0.211. The molecule has 0 radical (unpaired) electrons. The molecule has 38 heavy (non-hydrogen) atoms. The number of likely N-dealkylation sites (tertiary alicyclic amines) is 1. The molecular weight excluding hydrogens is 484 g/mol. The Bertz CT molecular complexity index is 1170. The molecule has 4 rings (SSSR count). The number of nitrogen functional groups attached to an aromatic ring is 1. The summed E-state index contributed by atoms with van der Waals surface area (Å²) in [6.45, 7) is 5.23. The molecule has 3 heterocycles. The molecule has 0 saturated carbocycles. The maximum absolute atomic E-state index is 12.6. The third-order valence-corrected chi connectivity index (χ3v) is 6.95. The van der Waals surface area contributed by atoms with Crippen molar-refractivity contribution in [3.05, 3.63) is 35.9 Å². The summed E-state index contributed by atoms with van der Waals surface area (Å²) in [5.41, 5.74) is 8.31. The van der Waals surface area contributed by atoms with Crippen molar-refractivity contribution in [2.45, 2.75) is 71.4 Å². The number of aryl methyl sites for hydroxylation is 1. The van der Waals surface area contributed by atoms with Crippen molar-refractivity contribution in [2.75, 3.05) is 32.5 Å². The van der Waals surface area contributed by atoms with Crippen molar-refractivity contribution in [3.63, 3.8) is 0 Å². The van der Waals surface area contributed by atoms with Crippen LogP contribution < -0.4 is 15.2 Å². The molecule has 1 amide bonds. The maximum atomic E-state index is 12.6. The predicted octanol–water partition coefficient (Wildman–Crippen LogP) is 5.21. The molecule has 206 valence electrons. The largest absolute Gasteiger partial charge is 0.468 e. The zero-order chi connectivity index (χ0) is 26.7. The van der Waals surface area contributed by atoms with Crippen LogP contribution in [0.25, 0.3) is 11.2 Å². The van der Waals surface area contributed by atoms with Gasteiger partial charge in [-0.25, -0.2) is 4.79 Å². The summed E-state index contributed by atoms with van der Waals surface area (Å²) in [5.74, 6) is 0.801. The van der Waals surface area contributed by atoms with Gasteiger partial charge < -0.3 is 24.8 Å². The van der Waals surface area contributed by atoms with Gasteiger partial charge in [0.05, 0.1) is 13.7 Å². The van der Waals surface area contributed by atoms with E-state index in [4.69, 9.17) is 19.9 Å². The van der Waals surface area contributed by atoms with Crippen LogP contribution in [-0.4, -0.2) is 57.3 Å². The van der Waals surface area contributed by atoms with E-state index in [2.05, 4.69) is 21.9 Å². The third kappa shape index (κ3) is 7.26. The summed E-state index contributed by atoms with van der Waals surface area (Å²) in [6.07, 6.45) is 8.11. The van der Waals surface area contributed by atoms with Gasteiger partial charge in [0, 0.05) is 19.6 Å². The highest BCUT2D eigenvalue weighted by molar-refractivity contribution is 5.83. The first-order valence-corrected chi connectivity index (χ1v) is 13.7. The fraction of sp³-hybridized carbons (Fsp3) is 0.571. The van der Waals surface area contributed by atoms with Gasteiger partial charge in [0.25, 0.3) is 6.01 Å². The number of carbonyl (C=O) groups excluding carboxylic acids is 1. The van der Waals surface area contributed by atoms with Crippen molar-refractivity contribution in [3.8, 4) is 12.0 Å². The highest BCUT2D eigenvalue weighted by Gasteiger charge is 2.24. The lowest BCUT2D eigenvalue weighted by Crippen LogP contribution is -2.40. The molecular formula is C28H40N6O4. The minimum Gasteiger partial charge on any atom is -0.468 e. The first-order chi connectivity index (χ1) is 18.6. The maximum Gasteiger partial charge on any atom is 0.410 e. The second-order valence-corrected chi connectivity index (χ2v) is 9.86. The number of piperidine rings is 1. The van der Waals surface area contributed by atoms with E-state index in [1.54, 1.807) is 7.11 Å². The quantitative estimate of drug-likeness (QED) is 0.303. The van der Waals surface area contributed by atoms with Gasteiger partial charge in [-0.3, -0.25) is 4.57 Å². The van der Waals surface area contributed by atoms with E-state index in [9.17, 15) is 4.79 Å². The van der Waals surface area contributed by atoms with E-state index < -0.39 is 0 Å². The van der Waals surface area contributed by atoms with Crippen LogP contribution in [0.3, 0.4) is 0 Å². The number of methoxy groups -OCH3 is 1. The van der Waals surface area contributed by atoms with Crippen LogP contribution in [0.2, 0.25) is 0 Å². The minimum atomic E-state index is -0.211. The summed E-state index contributed by atoms with van der Waals surface area (Å²) in [7, 11) is 1.60. The number of aromatic nitrogens is 4. The van der Waals surface area contributed by atoms with Gasteiger partial charge in [-0.05, 0) is 43.6 Å². The summed E-state index contributed by atoms with van der Waals surface area (Å²) < 4.78 is 18.7. The van der Waals surface area contributed by atoms with Crippen LogP contribution in [0.5, 0.6) is 12.0 Å². The van der Waals surface area contributed by atoms with Crippen LogP contribution in [0.1, 0.15) is 63.9 Å². The molecule has 1 fully saturated rings. The highest BCUT2D eigenvalue weighted by Crippen LogP contribution is 2.27. The summed E-state index contributed by atoms with van der Waals surface area (Å²) in [4.78, 5) is 27.7. The number of rotatable bonds is 13. The number of benzene rings is 1. The van der Waals surface area contributed by atoms with Gasteiger partial charge >= 0.3 is 12.1 Å². The second kappa shape index (κ2) is 13.8. The monoisotopic (exact) mass is 524 g/mol. The lowest BCUT2D eigenvalue weighted by molar-refractivity contribution is 0.0776. The van der Waals surface area contributed by atoms with E-state index in [-0.39, 0.29) is 12.1 Å². The van der Waals surface area contributed by atoms with Crippen LogP contribution in [0.15, 0.2) is 30.3 Å². The molecule has 10 heteroatoms. The standard InChI is InChI=1S/C28H40N6O4/c1-3-4-18-37-26-31-24(29)23-25(32-26)34(27(30-23)36-2)17-10-6-9-12-21-15-11-16-33(19-21)28(35)38-20-22-13-7-5-8-14-22/h5,7-8,13-14,21H,3-4,6,9-12,15-20H2,1-2H3,(H2,29,31,32). The van der Waals surface area contributed by atoms with Crippen molar-refractivity contribution in [1.82, 2.24) is 24.4 Å². The first-order valence-electron chi connectivity index (χ1n) is 13.7. The number of ether oxygens (including phenoxy) is 3. The van der Waals surface area contributed by atoms with Crippen LogP contribution in [0, 0.1) is 5.92 Å². The molecule has 0 aliphatic carbocycles. The van der Waals surface area contributed by atoms with Crippen molar-refractivity contribution >= 4 is 23.1 Å². The lowest BCUT2D eigenvalue weighted by Gasteiger charge is -2.32. The Labute approximate surface area is 224 Å². The molecule has 0 bridgehead atoms. The van der Waals surface area contributed by atoms with Crippen LogP contribution in [-0.2, 0) is 17.9 Å². The molecule has 0 spiro atoms. The summed E-state index contributed by atoms with van der Waals surface area (Å²) in [5, 5.41) is 0. The number of unbranched alkanes of at least 4 members (excludes halogenated alkanes) is 3. The highest BCUT2D eigenvalue weighted by atomic mass is 16.6. The average molecular weight is 525 g/mol. The van der Waals surface area contributed by atoms with Crippen LogP contribution >= 0.6 is 0 Å². The molecule has 10 nitrogen and oxygen atoms in total. The Morgan fingerprint density at radius 2 is 1.95 bits per heavy atom. The molecule has 1 aliphatic rings. The molecule has 1 atom stereocenters. The SMILES string of the molecule is CCCCOc1nc(N)c2nc(OC)n(CCCCCC3CCCN(C(=O)OCc4ccccc4)C3)c2n1. The normalized spacial score (nSPS) is 15.5. The van der Waals surface area contributed by atoms with Crippen LogP contribution in [0.4, 0.5) is 10.6 Å². The number of carbonyl (C=O) groups is 1. The number of fused-ring (bicyclic) bond motifs is 1. The fourth-order valence-electron chi connectivity index (χ4n) is 4.87. The second-order valence-electron chi connectivity index (χ2n) is 9.86. The van der Waals surface area contributed by atoms with Gasteiger partial charge in [0.15, 0.2) is 17.0 Å². The van der Waals surface area contributed by atoms with E-state index in [1.165, 1.54) is 0 Å². The number of amides is 1. The van der Waals surface area contributed by atoms with Gasteiger partial charge in [-0.2, -0.15) is 15.0 Å². The number of anilines is 1. The van der Waals surface area contributed by atoms with E-state index in [0.29, 0.717) is 48.7 Å². The molecule has 1 aliphatic heterocycles. The first kappa shape index (κ1) is 27.5. The van der Waals surface area contributed by atoms with Crippen molar-refractivity contribution in [1.29, 1.82) is 0 Å². The number of nitrogens with two attached hydrogens (primary N) is 1. The summed E-state index contributed by atoms with van der Waals surface area (Å²) >= 11 is 0. The lowest BCUT2D eigenvalue weighted by atomic mass is 9.92. The van der Waals surface area contributed by atoms with Gasteiger partial charge in [0.1, 0.15) is 6.61 Å². The smallest absolute Gasteiger partial charge is 0.410 e. The molecule has 3 aromatic rings. The topological polar surface area (TPSA) is 118 Å². The zero-order valence-corrected chi connectivity index (χ0v) is 22.6. The Morgan fingerprint density at radius 1 is 1.11 bits per heavy atom. The molecule has 2 aromatic heterocycles. The average Bonchev–Trinajstić information content (AvgIpc) is 3.30. The van der Waals surface area contributed by atoms with E-state index in [0.717, 1.165) is 70.0 Å². The Hall–Kier alpha value is -3.56. The third-order valence-electron chi connectivity index (χ3n) is 6.95. The number of imidazole rings is 1. The molecule has 1 unspecified atom stereocenters. The molecule has 1 saturated heterocycles. The number of hydrogen-bond acceptors (Lipinski definition) is 8. The van der Waals surface area contributed by atoms with Gasteiger partial charge in [-0.15, -0.1) is 0 Å². The van der Waals surface area contributed by atoms with E-state index in [1.807, 2.05) is 39.8 Å². The van der Waals surface area contributed by atoms with E-state index >= 15 is 0 Å². The van der Waals surface area contributed by atoms with Crippen molar-refractivity contribution in [2.24, 2.45) is 5.92 Å². The molecule has 1 aromatic carbocycles. The Balaban J connectivity index is 1.24. The Morgan fingerprint density at radius 3 is 2.74 bits per heavy atom. The fourth-order valence-corrected chi connectivity index (χ4v) is 4.87. The number of hydrogen-bond donors (Lipinski definition) is 1. The molecule has 2 N–H and O–H groups in total. The van der Waals surface area contributed by atoms with Crippen molar-refractivity contribution < 1.29 is 19.0 Å². The predicted molar refractivity (Wildman–Crippen MR) is 146 cm³/mol. The van der Waals surface area contributed by atoms with Gasteiger partial charge in [-0.1, -0.05) is 56.5 Å². The zero-order valence-electron chi connectivity index (χ0n) is 22.6.